The first-order chi connectivity index (χ1) is 8.54. The van der Waals surface area contributed by atoms with Gasteiger partial charge in [0.05, 0.1) is 24.4 Å². The van der Waals surface area contributed by atoms with Gasteiger partial charge in [-0.05, 0) is 44.5 Å². The van der Waals surface area contributed by atoms with E-state index in [2.05, 4.69) is 18.7 Å². The lowest BCUT2D eigenvalue weighted by atomic mass is 10.0. The summed E-state index contributed by atoms with van der Waals surface area (Å²) >= 11 is 0. The van der Waals surface area contributed by atoms with Crippen LogP contribution in [0.25, 0.3) is 0 Å². The zero-order chi connectivity index (χ0) is 13.2. The molecule has 3 nitrogen and oxygen atoms in total. The molecule has 0 unspecified atom stereocenters. The molecule has 0 spiro atoms. The first kappa shape index (κ1) is 13.3. The fourth-order valence-corrected chi connectivity index (χ4v) is 2.40. The van der Waals surface area contributed by atoms with Crippen LogP contribution in [0.3, 0.4) is 0 Å². The van der Waals surface area contributed by atoms with Crippen molar-refractivity contribution in [2.45, 2.75) is 25.8 Å². The molecule has 2 N–H and O–H groups in total. The van der Waals surface area contributed by atoms with Crippen LogP contribution in [0.1, 0.15) is 19.4 Å². The van der Waals surface area contributed by atoms with E-state index in [0.29, 0.717) is 31.9 Å². The number of halogens is 1. The zero-order valence-corrected chi connectivity index (χ0v) is 11.1. The predicted octanol–water partition coefficient (Wildman–Crippen LogP) is 1.94. The Morgan fingerprint density at radius 2 is 2.22 bits per heavy atom. The lowest BCUT2D eigenvalue weighted by Crippen LogP contribution is -2.53. The highest BCUT2D eigenvalue weighted by Crippen LogP contribution is 2.29. The Morgan fingerprint density at radius 1 is 1.44 bits per heavy atom. The molecule has 1 aliphatic rings. The fourth-order valence-electron chi connectivity index (χ4n) is 2.40. The molecule has 0 aromatic heterocycles. The Hall–Kier alpha value is -1.13. The maximum absolute atomic E-state index is 14.2. The molecule has 4 heteroatoms. The van der Waals surface area contributed by atoms with E-state index in [9.17, 15) is 4.39 Å². The quantitative estimate of drug-likeness (QED) is 0.893. The van der Waals surface area contributed by atoms with Crippen LogP contribution in [0, 0.1) is 5.82 Å². The van der Waals surface area contributed by atoms with E-state index in [0.717, 1.165) is 12.1 Å². The first-order valence-electron chi connectivity index (χ1n) is 6.38. The van der Waals surface area contributed by atoms with Crippen molar-refractivity contribution in [1.29, 1.82) is 0 Å². The summed E-state index contributed by atoms with van der Waals surface area (Å²) in [6.45, 7) is 6.67. The monoisotopic (exact) mass is 252 g/mol. The van der Waals surface area contributed by atoms with Crippen LogP contribution in [0.4, 0.5) is 10.1 Å². The van der Waals surface area contributed by atoms with Crippen molar-refractivity contribution in [2.24, 2.45) is 5.73 Å². The number of anilines is 1. The molecule has 0 bridgehead atoms. The van der Waals surface area contributed by atoms with Gasteiger partial charge < -0.3 is 15.4 Å². The van der Waals surface area contributed by atoms with Crippen LogP contribution in [-0.2, 0) is 11.2 Å². The number of nitrogens with two attached hydrogens (primary N) is 1. The van der Waals surface area contributed by atoms with Crippen LogP contribution < -0.4 is 10.6 Å². The average Bonchev–Trinajstić information content (AvgIpc) is 2.30. The van der Waals surface area contributed by atoms with Gasteiger partial charge in [-0.2, -0.15) is 0 Å². The molecule has 1 fully saturated rings. The van der Waals surface area contributed by atoms with Gasteiger partial charge in [-0.1, -0.05) is 6.07 Å². The number of nitrogens with zero attached hydrogens (tertiary/aromatic N) is 1. The second-order valence-electron chi connectivity index (χ2n) is 5.34. The summed E-state index contributed by atoms with van der Waals surface area (Å²) in [5, 5.41) is 0. The minimum absolute atomic E-state index is 0.170. The fraction of sp³-hybridized carbons (Fsp3) is 0.571. The van der Waals surface area contributed by atoms with Gasteiger partial charge in [-0.15, -0.1) is 0 Å². The smallest absolute Gasteiger partial charge is 0.146 e. The van der Waals surface area contributed by atoms with Crippen molar-refractivity contribution < 1.29 is 9.13 Å². The van der Waals surface area contributed by atoms with Crippen LogP contribution >= 0.6 is 0 Å². The van der Waals surface area contributed by atoms with Gasteiger partial charge in [0.15, 0.2) is 0 Å². The Kier molecular flexibility index (Phi) is 3.88. The van der Waals surface area contributed by atoms with E-state index in [-0.39, 0.29) is 11.4 Å². The molecule has 2 rings (SSSR count). The van der Waals surface area contributed by atoms with Gasteiger partial charge in [0.25, 0.3) is 0 Å². The van der Waals surface area contributed by atoms with Crippen LogP contribution in [-0.4, -0.2) is 31.8 Å². The van der Waals surface area contributed by atoms with Gasteiger partial charge in [-0.25, -0.2) is 4.39 Å². The molecule has 1 heterocycles. The third kappa shape index (κ3) is 2.65. The van der Waals surface area contributed by atoms with Gasteiger partial charge in [0.1, 0.15) is 5.82 Å². The number of ether oxygens (including phenoxy) is 1. The summed E-state index contributed by atoms with van der Waals surface area (Å²) in [6.07, 6.45) is 0.712. The average molecular weight is 252 g/mol. The molecule has 18 heavy (non-hydrogen) atoms. The normalized spacial score (nSPS) is 19.0. The summed E-state index contributed by atoms with van der Waals surface area (Å²) in [7, 11) is 0. The van der Waals surface area contributed by atoms with Gasteiger partial charge in [0.2, 0.25) is 0 Å². The lowest BCUT2D eigenvalue weighted by molar-refractivity contribution is 0.0640. The van der Waals surface area contributed by atoms with Crippen molar-refractivity contribution in [3.05, 3.63) is 29.6 Å². The van der Waals surface area contributed by atoms with Crippen molar-refractivity contribution in [3.63, 3.8) is 0 Å². The van der Waals surface area contributed by atoms with Gasteiger partial charge in [0, 0.05) is 6.54 Å². The van der Waals surface area contributed by atoms with Crippen molar-refractivity contribution in [1.82, 2.24) is 0 Å². The first-order valence-corrected chi connectivity index (χ1v) is 6.38. The van der Waals surface area contributed by atoms with Gasteiger partial charge in [-0.3, -0.25) is 0 Å². The SMILES string of the molecule is CC1(C)COCCN1c1ccc(CCN)cc1F. The van der Waals surface area contributed by atoms with E-state index in [1.54, 1.807) is 6.07 Å². The maximum Gasteiger partial charge on any atom is 0.146 e. The Bertz CT molecular complexity index is 420. The summed E-state index contributed by atoms with van der Waals surface area (Å²) in [5.74, 6) is -0.170. The van der Waals surface area contributed by atoms with E-state index >= 15 is 0 Å². The molecular formula is C14H21FN2O. The van der Waals surface area contributed by atoms with Crippen molar-refractivity contribution >= 4 is 5.69 Å². The topological polar surface area (TPSA) is 38.5 Å². The number of hydrogen-bond donors (Lipinski definition) is 1. The zero-order valence-electron chi connectivity index (χ0n) is 11.1. The minimum atomic E-state index is -0.172. The predicted molar refractivity (Wildman–Crippen MR) is 71.4 cm³/mol. The van der Waals surface area contributed by atoms with E-state index < -0.39 is 0 Å². The Balaban J connectivity index is 2.27. The Morgan fingerprint density at radius 3 is 2.83 bits per heavy atom. The van der Waals surface area contributed by atoms with Crippen molar-refractivity contribution in [3.8, 4) is 0 Å². The molecule has 0 aliphatic carbocycles. The summed E-state index contributed by atoms with van der Waals surface area (Å²) < 4.78 is 19.6. The maximum atomic E-state index is 14.2. The summed E-state index contributed by atoms with van der Waals surface area (Å²) in [5.41, 5.74) is 6.92. The number of rotatable bonds is 3. The minimum Gasteiger partial charge on any atom is -0.377 e. The van der Waals surface area contributed by atoms with Crippen LogP contribution in [0.5, 0.6) is 0 Å². The molecule has 0 amide bonds. The highest BCUT2D eigenvalue weighted by molar-refractivity contribution is 5.52. The third-order valence-electron chi connectivity index (χ3n) is 3.38. The van der Waals surface area contributed by atoms with Crippen LogP contribution in [0.15, 0.2) is 18.2 Å². The number of benzene rings is 1. The Labute approximate surface area is 108 Å². The largest absolute Gasteiger partial charge is 0.377 e. The second-order valence-corrected chi connectivity index (χ2v) is 5.34. The van der Waals surface area contributed by atoms with E-state index in [1.165, 1.54) is 0 Å². The molecule has 1 aromatic carbocycles. The molecule has 1 aromatic rings. The highest BCUT2D eigenvalue weighted by Gasteiger charge is 2.32. The molecule has 0 radical (unpaired) electrons. The van der Waals surface area contributed by atoms with E-state index in [4.69, 9.17) is 10.5 Å². The molecule has 100 valence electrons. The second kappa shape index (κ2) is 5.24. The summed E-state index contributed by atoms with van der Waals surface area (Å²) in [4.78, 5) is 2.08. The van der Waals surface area contributed by atoms with Crippen LogP contribution in [0.2, 0.25) is 0 Å². The molecule has 1 aliphatic heterocycles. The summed E-state index contributed by atoms with van der Waals surface area (Å²) in [6, 6.07) is 5.40. The molecule has 0 atom stereocenters. The molecule has 1 saturated heterocycles. The van der Waals surface area contributed by atoms with Crippen molar-refractivity contribution in [2.75, 3.05) is 31.2 Å². The number of hydrogen-bond acceptors (Lipinski definition) is 3. The highest BCUT2D eigenvalue weighted by atomic mass is 19.1. The lowest BCUT2D eigenvalue weighted by Gasteiger charge is -2.43. The molecule has 0 saturated carbocycles. The third-order valence-corrected chi connectivity index (χ3v) is 3.38. The van der Waals surface area contributed by atoms with Gasteiger partial charge >= 0.3 is 0 Å². The molecular weight excluding hydrogens is 231 g/mol. The van der Waals surface area contributed by atoms with E-state index in [1.807, 2.05) is 12.1 Å². The standard InChI is InChI=1S/C14H21FN2O/c1-14(2)10-18-8-7-17(14)13-4-3-11(5-6-16)9-12(13)15/h3-4,9H,5-8,10,16H2,1-2H3. The number of morpholine rings is 1.